The number of fused-ring (bicyclic) bond motifs is 2. The summed E-state index contributed by atoms with van der Waals surface area (Å²) in [5, 5.41) is 0.976. The molecule has 3 heterocycles. The maximum absolute atomic E-state index is 11.6. The van der Waals surface area contributed by atoms with E-state index in [0.717, 1.165) is 39.6 Å². The van der Waals surface area contributed by atoms with Crippen molar-refractivity contribution in [2.75, 3.05) is 7.11 Å². The number of methoxy groups -OCH3 is 1. The summed E-state index contributed by atoms with van der Waals surface area (Å²) in [7, 11) is 1.62. The van der Waals surface area contributed by atoms with Crippen LogP contribution in [0, 0.1) is 6.92 Å². The smallest absolute Gasteiger partial charge is 0.167 e. The molecule has 0 spiro atoms. The number of hydrogen-bond acceptors (Lipinski definition) is 3. The SMILES string of the molecule is COc1ccc2cc(-c3cc4cc(C)ccn4c3C=O)oc2c1. The molecular weight excluding hydrogens is 290 g/mol. The van der Waals surface area contributed by atoms with Crippen molar-refractivity contribution < 1.29 is 13.9 Å². The van der Waals surface area contributed by atoms with Gasteiger partial charge in [0.1, 0.15) is 17.1 Å². The Hall–Kier alpha value is -3.01. The van der Waals surface area contributed by atoms with Crippen LogP contribution >= 0.6 is 0 Å². The van der Waals surface area contributed by atoms with Gasteiger partial charge in [-0.25, -0.2) is 0 Å². The number of aromatic nitrogens is 1. The molecule has 1 aromatic carbocycles. The minimum absolute atomic E-state index is 0.589. The summed E-state index contributed by atoms with van der Waals surface area (Å²) >= 11 is 0. The van der Waals surface area contributed by atoms with Gasteiger partial charge in [0.25, 0.3) is 0 Å². The molecule has 23 heavy (non-hydrogen) atoms. The summed E-state index contributed by atoms with van der Waals surface area (Å²) < 4.78 is 13.0. The summed E-state index contributed by atoms with van der Waals surface area (Å²) in [6.07, 6.45) is 2.77. The topological polar surface area (TPSA) is 43.9 Å². The van der Waals surface area contributed by atoms with Crippen LogP contribution in [0.3, 0.4) is 0 Å². The highest BCUT2D eigenvalue weighted by molar-refractivity contribution is 5.92. The van der Waals surface area contributed by atoms with E-state index in [2.05, 4.69) is 0 Å². The maximum atomic E-state index is 11.6. The summed E-state index contributed by atoms with van der Waals surface area (Å²) in [4.78, 5) is 11.6. The highest BCUT2D eigenvalue weighted by Gasteiger charge is 2.15. The Bertz CT molecular complexity index is 1040. The van der Waals surface area contributed by atoms with Crippen LogP contribution in [0.4, 0.5) is 0 Å². The fraction of sp³-hybridized carbons (Fsp3) is 0.105. The molecule has 0 aliphatic heterocycles. The number of furan rings is 1. The first-order valence-corrected chi connectivity index (χ1v) is 7.34. The summed E-state index contributed by atoms with van der Waals surface area (Å²) in [6, 6.07) is 13.6. The van der Waals surface area contributed by atoms with Crippen LogP contribution in [0.5, 0.6) is 5.75 Å². The molecule has 0 radical (unpaired) electrons. The lowest BCUT2D eigenvalue weighted by molar-refractivity contribution is 0.111. The van der Waals surface area contributed by atoms with Gasteiger partial charge in [-0.1, -0.05) is 0 Å². The van der Waals surface area contributed by atoms with Gasteiger partial charge in [-0.2, -0.15) is 0 Å². The van der Waals surface area contributed by atoms with Gasteiger partial charge in [-0.3, -0.25) is 4.79 Å². The molecule has 0 aliphatic carbocycles. The Balaban J connectivity index is 1.96. The molecule has 0 saturated heterocycles. The summed E-state index contributed by atoms with van der Waals surface area (Å²) in [6.45, 7) is 2.03. The number of rotatable bonds is 3. The molecule has 0 amide bonds. The molecule has 0 bridgehead atoms. The fourth-order valence-electron chi connectivity index (χ4n) is 2.90. The second-order valence-electron chi connectivity index (χ2n) is 5.57. The minimum atomic E-state index is 0.589. The molecule has 0 unspecified atom stereocenters. The Morgan fingerprint density at radius 3 is 2.78 bits per heavy atom. The molecule has 4 nitrogen and oxygen atoms in total. The van der Waals surface area contributed by atoms with Gasteiger partial charge in [0.2, 0.25) is 0 Å². The van der Waals surface area contributed by atoms with Gasteiger partial charge in [-0.05, 0) is 48.9 Å². The molecule has 0 atom stereocenters. The zero-order valence-corrected chi connectivity index (χ0v) is 12.9. The third kappa shape index (κ3) is 2.11. The van der Waals surface area contributed by atoms with Gasteiger partial charge in [0.05, 0.1) is 12.8 Å². The van der Waals surface area contributed by atoms with Gasteiger partial charge in [0, 0.05) is 28.7 Å². The van der Waals surface area contributed by atoms with Gasteiger partial charge < -0.3 is 13.6 Å². The number of aldehydes is 1. The van der Waals surface area contributed by atoms with Crippen molar-refractivity contribution in [1.29, 1.82) is 0 Å². The zero-order chi connectivity index (χ0) is 16.0. The number of pyridine rings is 1. The Kier molecular flexibility index (Phi) is 2.98. The summed E-state index contributed by atoms with van der Waals surface area (Å²) in [5.41, 5.74) is 4.24. The van der Waals surface area contributed by atoms with Crippen LogP contribution < -0.4 is 4.74 Å². The number of benzene rings is 1. The highest BCUT2D eigenvalue weighted by Crippen LogP contribution is 2.33. The van der Waals surface area contributed by atoms with Crippen LogP contribution in [0.1, 0.15) is 16.1 Å². The van der Waals surface area contributed by atoms with E-state index < -0.39 is 0 Å². The predicted molar refractivity (Wildman–Crippen MR) is 89.3 cm³/mol. The van der Waals surface area contributed by atoms with Crippen molar-refractivity contribution in [3.8, 4) is 17.1 Å². The third-order valence-corrected chi connectivity index (χ3v) is 4.07. The quantitative estimate of drug-likeness (QED) is 0.524. The standard InChI is InChI=1S/C19H15NO3/c1-12-5-6-20-14(7-12)9-16(17(20)11-21)19-8-13-3-4-15(22-2)10-18(13)23-19/h3-11H,1-2H3. The second kappa shape index (κ2) is 5.02. The zero-order valence-electron chi connectivity index (χ0n) is 12.9. The Morgan fingerprint density at radius 1 is 1.13 bits per heavy atom. The third-order valence-electron chi connectivity index (χ3n) is 4.07. The van der Waals surface area contributed by atoms with Crippen molar-refractivity contribution in [2.45, 2.75) is 6.92 Å². The van der Waals surface area contributed by atoms with Crippen molar-refractivity contribution in [1.82, 2.24) is 4.40 Å². The lowest BCUT2D eigenvalue weighted by atomic mass is 10.1. The molecule has 3 aromatic heterocycles. The number of ether oxygens (including phenoxy) is 1. The van der Waals surface area contributed by atoms with Crippen LogP contribution in [0.2, 0.25) is 0 Å². The van der Waals surface area contributed by atoms with Gasteiger partial charge in [-0.15, -0.1) is 0 Å². The molecule has 0 aliphatic rings. The largest absolute Gasteiger partial charge is 0.497 e. The number of carbonyl (C=O) groups is 1. The van der Waals surface area contributed by atoms with Crippen molar-refractivity contribution in [3.05, 3.63) is 59.9 Å². The first kappa shape index (κ1) is 13.6. The predicted octanol–water partition coefficient (Wildman–Crippen LogP) is 4.48. The van der Waals surface area contributed by atoms with Crippen molar-refractivity contribution in [3.63, 3.8) is 0 Å². The van der Waals surface area contributed by atoms with Gasteiger partial charge >= 0.3 is 0 Å². The molecule has 114 valence electrons. The monoisotopic (exact) mass is 305 g/mol. The first-order valence-electron chi connectivity index (χ1n) is 7.34. The first-order chi connectivity index (χ1) is 11.2. The van der Waals surface area contributed by atoms with E-state index >= 15 is 0 Å². The normalized spacial score (nSPS) is 11.2. The number of nitrogens with zero attached hydrogens (tertiary/aromatic N) is 1. The molecule has 4 heteroatoms. The van der Waals surface area contributed by atoms with Crippen LogP contribution in [-0.2, 0) is 0 Å². The van der Waals surface area contributed by atoms with Gasteiger partial charge in [0.15, 0.2) is 6.29 Å². The number of carbonyl (C=O) groups excluding carboxylic acids is 1. The van der Waals surface area contributed by atoms with Crippen molar-refractivity contribution in [2.24, 2.45) is 0 Å². The van der Waals surface area contributed by atoms with Crippen LogP contribution in [-0.4, -0.2) is 17.8 Å². The van der Waals surface area contributed by atoms with Crippen LogP contribution in [0.25, 0.3) is 27.8 Å². The fourth-order valence-corrected chi connectivity index (χ4v) is 2.90. The van der Waals surface area contributed by atoms with E-state index in [1.807, 2.05) is 60.0 Å². The van der Waals surface area contributed by atoms with E-state index in [0.29, 0.717) is 11.5 Å². The number of aryl methyl sites for hydroxylation is 1. The Labute approximate surface area is 132 Å². The van der Waals surface area contributed by atoms with E-state index in [4.69, 9.17) is 9.15 Å². The average Bonchev–Trinajstić information content (AvgIpc) is 3.13. The lowest BCUT2D eigenvalue weighted by Crippen LogP contribution is -1.91. The van der Waals surface area contributed by atoms with E-state index in [1.54, 1.807) is 7.11 Å². The van der Waals surface area contributed by atoms with E-state index in [9.17, 15) is 4.79 Å². The van der Waals surface area contributed by atoms with Crippen LogP contribution in [0.15, 0.2) is 53.1 Å². The maximum Gasteiger partial charge on any atom is 0.167 e. The molecule has 0 fully saturated rings. The van der Waals surface area contributed by atoms with E-state index in [1.165, 1.54) is 0 Å². The molecule has 0 saturated carbocycles. The molecule has 4 aromatic rings. The highest BCUT2D eigenvalue weighted by atomic mass is 16.5. The number of hydrogen-bond donors (Lipinski definition) is 0. The second-order valence-corrected chi connectivity index (χ2v) is 5.57. The van der Waals surface area contributed by atoms with E-state index in [-0.39, 0.29) is 0 Å². The minimum Gasteiger partial charge on any atom is -0.497 e. The van der Waals surface area contributed by atoms with Crippen molar-refractivity contribution >= 4 is 22.8 Å². The molecular formula is C19H15NO3. The molecule has 4 rings (SSSR count). The molecule has 0 N–H and O–H groups in total. The Morgan fingerprint density at radius 2 is 2.00 bits per heavy atom. The average molecular weight is 305 g/mol. The summed E-state index contributed by atoms with van der Waals surface area (Å²) in [5.74, 6) is 1.42. The lowest BCUT2D eigenvalue weighted by Gasteiger charge is -1.98.